The molecule has 0 atom stereocenters. The number of anilines is 2. The van der Waals surface area contributed by atoms with Crippen LogP contribution in [0.2, 0.25) is 0 Å². The van der Waals surface area contributed by atoms with Gasteiger partial charge in [0, 0.05) is 17.1 Å². The Bertz CT molecular complexity index is 865. The maximum Gasteiger partial charge on any atom is 0.163 e. The Morgan fingerprint density at radius 2 is 1.68 bits per heavy atom. The van der Waals surface area contributed by atoms with Crippen molar-refractivity contribution in [1.29, 1.82) is 0 Å². The molecular formula is C20H23N3O2. The SMILES string of the molecule is CCOc1cc2ncnc(Nc3cccc(CC)c3)c2cc1OCC. The smallest absolute Gasteiger partial charge is 0.163 e. The van der Waals surface area contributed by atoms with Crippen LogP contribution in [0.4, 0.5) is 11.5 Å². The number of hydrogen-bond donors (Lipinski definition) is 1. The highest BCUT2D eigenvalue weighted by molar-refractivity contribution is 5.93. The summed E-state index contributed by atoms with van der Waals surface area (Å²) in [5.41, 5.74) is 3.10. The van der Waals surface area contributed by atoms with Crippen LogP contribution in [-0.4, -0.2) is 23.2 Å². The molecule has 25 heavy (non-hydrogen) atoms. The van der Waals surface area contributed by atoms with Crippen molar-refractivity contribution in [3.05, 3.63) is 48.3 Å². The van der Waals surface area contributed by atoms with E-state index in [1.54, 1.807) is 6.33 Å². The zero-order chi connectivity index (χ0) is 17.6. The van der Waals surface area contributed by atoms with Gasteiger partial charge in [-0.05, 0) is 44.0 Å². The molecule has 0 aliphatic carbocycles. The predicted octanol–water partition coefficient (Wildman–Crippen LogP) is 4.73. The van der Waals surface area contributed by atoms with Gasteiger partial charge < -0.3 is 14.8 Å². The lowest BCUT2D eigenvalue weighted by molar-refractivity contribution is 0.288. The fourth-order valence-corrected chi connectivity index (χ4v) is 2.71. The zero-order valence-corrected chi connectivity index (χ0v) is 14.9. The second kappa shape index (κ2) is 7.83. The fraction of sp³-hybridized carbons (Fsp3) is 0.300. The molecule has 0 aliphatic rings. The van der Waals surface area contributed by atoms with Crippen LogP contribution in [0, 0.1) is 0 Å². The van der Waals surface area contributed by atoms with Crippen molar-refractivity contribution in [2.24, 2.45) is 0 Å². The van der Waals surface area contributed by atoms with Gasteiger partial charge in [-0.15, -0.1) is 0 Å². The lowest BCUT2D eigenvalue weighted by atomic mass is 10.1. The van der Waals surface area contributed by atoms with E-state index in [9.17, 15) is 0 Å². The minimum absolute atomic E-state index is 0.570. The van der Waals surface area contributed by atoms with Gasteiger partial charge in [-0.1, -0.05) is 19.1 Å². The van der Waals surface area contributed by atoms with Crippen molar-refractivity contribution in [2.75, 3.05) is 18.5 Å². The minimum atomic E-state index is 0.570. The van der Waals surface area contributed by atoms with Gasteiger partial charge in [0.1, 0.15) is 12.1 Å². The molecule has 0 spiro atoms. The number of nitrogens with zero attached hydrogens (tertiary/aromatic N) is 2. The molecule has 1 heterocycles. The number of aromatic nitrogens is 2. The van der Waals surface area contributed by atoms with Crippen LogP contribution in [-0.2, 0) is 6.42 Å². The summed E-state index contributed by atoms with van der Waals surface area (Å²) in [6.07, 6.45) is 2.55. The summed E-state index contributed by atoms with van der Waals surface area (Å²) < 4.78 is 11.4. The summed E-state index contributed by atoms with van der Waals surface area (Å²) in [6.45, 7) is 7.19. The molecule has 2 aromatic carbocycles. The van der Waals surface area contributed by atoms with E-state index in [0.717, 1.165) is 28.8 Å². The summed E-state index contributed by atoms with van der Waals surface area (Å²) in [4.78, 5) is 8.79. The van der Waals surface area contributed by atoms with Crippen molar-refractivity contribution in [2.45, 2.75) is 27.2 Å². The highest BCUT2D eigenvalue weighted by Crippen LogP contribution is 2.35. The highest BCUT2D eigenvalue weighted by atomic mass is 16.5. The van der Waals surface area contributed by atoms with Crippen molar-refractivity contribution < 1.29 is 9.47 Å². The summed E-state index contributed by atoms with van der Waals surface area (Å²) in [5, 5.41) is 4.29. The zero-order valence-electron chi connectivity index (χ0n) is 14.9. The van der Waals surface area contributed by atoms with E-state index in [0.29, 0.717) is 24.7 Å². The van der Waals surface area contributed by atoms with Crippen molar-refractivity contribution in [1.82, 2.24) is 9.97 Å². The van der Waals surface area contributed by atoms with Gasteiger partial charge in [0.2, 0.25) is 0 Å². The molecular weight excluding hydrogens is 314 g/mol. The van der Waals surface area contributed by atoms with Crippen LogP contribution in [0.25, 0.3) is 10.9 Å². The molecule has 0 bridgehead atoms. The Morgan fingerprint density at radius 3 is 2.40 bits per heavy atom. The molecule has 1 aromatic heterocycles. The maximum absolute atomic E-state index is 5.73. The summed E-state index contributed by atoms with van der Waals surface area (Å²) in [6, 6.07) is 12.2. The van der Waals surface area contributed by atoms with E-state index >= 15 is 0 Å². The molecule has 5 heteroatoms. The first-order valence-corrected chi connectivity index (χ1v) is 8.65. The second-order valence-electron chi connectivity index (χ2n) is 5.58. The van der Waals surface area contributed by atoms with E-state index in [4.69, 9.17) is 9.47 Å². The fourth-order valence-electron chi connectivity index (χ4n) is 2.71. The largest absolute Gasteiger partial charge is 0.490 e. The number of ether oxygens (including phenoxy) is 2. The molecule has 0 radical (unpaired) electrons. The lowest BCUT2D eigenvalue weighted by Crippen LogP contribution is -2.01. The van der Waals surface area contributed by atoms with E-state index in [2.05, 4.69) is 34.3 Å². The van der Waals surface area contributed by atoms with E-state index in [1.807, 2.05) is 38.1 Å². The summed E-state index contributed by atoms with van der Waals surface area (Å²) in [5.74, 6) is 2.16. The molecule has 0 saturated carbocycles. The molecule has 0 aliphatic heterocycles. The van der Waals surface area contributed by atoms with Crippen LogP contribution < -0.4 is 14.8 Å². The van der Waals surface area contributed by atoms with Crippen LogP contribution in [0.5, 0.6) is 11.5 Å². The highest BCUT2D eigenvalue weighted by Gasteiger charge is 2.12. The maximum atomic E-state index is 5.73. The number of nitrogens with one attached hydrogen (secondary N) is 1. The first-order chi connectivity index (χ1) is 12.2. The summed E-state index contributed by atoms with van der Waals surface area (Å²) in [7, 11) is 0. The molecule has 0 unspecified atom stereocenters. The molecule has 130 valence electrons. The van der Waals surface area contributed by atoms with Crippen LogP contribution in [0.1, 0.15) is 26.3 Å². The Balaban J connectivity index is 2.04. The second-order valence-corrected chi connectivity index (χ2v) is 5.58. The van der Waals surface area contributed by atoms with Gasteiger partial charge in [0.15, 0.2) is 11.5 Å². The predicted molar refractivity (Wildman–Crippen MR) is 101 cm³/mol. The van der Waals surface area contributed by atoms with Crippen molar-refractivity contribution in [3.63, 3.8) is 0 Å². The number of hydrogen-bond acceptors (Lipinski definition) is 5. The lowest BCUT2D eigenvalue weighted by Gasteiger charge is -2.14. The van der Waals surface area contributed by atoms with E-state index < -0.39 is 0 Å². The third-order valence-electron chi connectivity index (χ3n) is 3.90. The molecule has 3 rings (SSSR count). The average molecular weight is 337 g/mol. The minimum Gasteiger partial charge on any atom is -0.490 e. The normalized spacial score (nSPS) is 10.7. The molecule has 5 nitrogen and oxygen atoms in total. The van der Waals surface area contributed by atoms with Gasteiger partial charge in [-0.2, -0.15) is 0 Å². The molecule has 0 fully saturated rings. The Hall–Kier alpha value is -2.82. The van der Waals surface area contributed by atoms with Gasteiger partial charge >= 0.3 is 0 Å². The van der Waals surface area contributed by atoms with Crippen LogP contribution >= 0.6 is 0 Å². The Kier molecular flexibility index (Phi) is 5.33. The Labute approximate surface area is 148 Å². The van der Waals surface area contributed by atoms with Crippen LogP contribution in [0.15, 0.2) is 42.7 Å². The summed E-state index contributed by atoms with van der Waals surface area (Å²) >= 11 is 0. The van der Waals surface area contributed by atoms with Gasteiger partial charge in [0.05, 0.1) is 18.7 Å². The first kappa shape index (κ1) is 17.0. The Morgan fingerprint density at radius 1 is 0.920 bits per heavy atom. The molecule has 0 amide bonds. The third-order valence-corrected chi connectivity index (χ3v) is 3.90. The monoisotopic (exact) mass is 337 g/mol. The number of aryl methyl sites for hydroxylation is 1. The van der Waals surface area contributed by atoms with Gasteiger partial charge in [0.25, 0.3) is 0 Å². The van der Waals surface area contributed by atoms with Gasteiger partial charge in [-0.3, -0.25) is 0 Å². The first-order valence-electron chi connectivity index (χ1n) is 8.65. The third kappa shape index (κ3) is 3.82. The number of fused-ring (bicyclic) bond motifs is 1. The molecule has 0 saturated heterocycles. The standard InChI is InChI=1S/C20H23N3O2/c1-4-14-8-7-9-15(10-14)23-20-16-11-18(24-5-2)19(25-6-3)12-17(16)21-13-22-20/h7-13H,4-6H2,1-3H3,(H,21,22,23). The van der Waals surface area contributed by atoms with E-state index in [-0.39, 0.29) is 0 Å². The van der Waals surface area contributed by atoms with E-state index in [1.165, 1.54) is 5.56 Å². The number of benzene rings is 2. The topological polar surface area (TPSA) is 56.3 Å². The van der Waals surface area contributed by atoms with Crippen molar-refractivity contribution in [3.8, 4) is 11.5 Å². The average Bonchev–Trinajstić information content (AvgIpc) is 2.63. The molecule has 1 N–H and O–H groups in total. The van der Waals surface area contributed by atoms with Crippen molar-refractivity contribution >= 4 is 22.4 Å². The van der Waals surface area contributed by atoms with Crippen LogP contribution in [0.3, 0.4) is 0 Å². The number of rotatable bonds is 7. The van der Waals surface area contributed by atoms with Gasteiger partial charge in [-0.25, -0.2) is 9.97 Å². The quantitative estimate of drug-likeness (QED) is 0.675. The molecule has 3 aromatic rings.